The second kappa shape index (κ2) is 5.86. The highest BCUT2D eigenvalue weighted by atomic mass is 32.2. The van der Waals surface area contributed by atoms with E-state index in [1.807, 2.05) is 36.4 Å². The van der Waals surface area contributed by atoms with Crippen molar-refractivity contribution >= 4 is 32.4 Å². The zero-order valence-electron chi connectivity index (χ0n) is 12.2. The van der Waals surface area contributed by atoms with E-state index < -0.39 is 15.9 Å². The van der Waals surface area contributed by atoms with Crippen LogP contribution >= 0.6 is 0 Å². The standard InChI is InChI=1S/C16H14N2O4S/c1-17-23(20,21)15-10-9-14(22-15)16(19)18-13-8-4-6-11-5-2-3-7-12(11)13/h2-10,17H,1H3,(H,18,19). The number of furan rings is 1. The van der Waals surface area contributed by atoms with Gasteiger partial charge in [-0.15, -0.1) is 0 Å². The van der Waals surface area contributed by atoms with E-state index in [0.717, 1.165) is 10.8 Å². The number of anilines is 1. The number of hydrogen-bond acceptors (Lipinski definition) is 4. The first-order valence-corrected chi connectivity index (χ1v) is 8.32. The van der Waals surface area contributed by atoms with Crippen molar-refractivity contribution in [3.05, 3.63) is 60.4 Å². The second-order valence-corrected chi connectivity index (χ2v) is 6.62. The van der Waals surface area contributed by atoms with Crippen LogP contribution in [0.5, 0.6) is 0 Å². The van der Waals surface area contributed by atoms with Crippen LogP contribution in [0.3, 0.4) is 0 Å². The van der Waals surface area contributed by atoms with Crippen LogP contribution in [0.4, 0.5) is 5.69 Å². The summed E-state index contributed by atoms with van der Waals surface area (Å²) in [6, 6.07) is 15.7. The summed E-state index contributed by atoms with van der Waals surface area (Å²) >= 11 is 0. The first-order valence-electron chi connectivity index (χ1n) is 6.84. The molecular weight excluding hydrogens is 316 g/mol. The molecule has 0 unspecified atom stereocenters. The molecule has 1 amide bonds. The van der Waals surface area contributed by atoms with E-state index in [4.69, 9.17) is 4.42 Å². The first-order chi connectivity index (χ1) is 11.0. The van der Waals surface area contributed by atoms with Crippen LogP contribution in [0.25, 0.3) is 10.8 Å². The second-order valence-electron chi connectivity index (χ2n) is 4.81. The molecule has 0 aliphatic carbocycles. The number of amides is 1. The van der Waals surface area contributed by atoms with Crippen molar-refractivity contribution in [1.82, 2.24) is 4.72 Å². The van der Waals surface area contributed by atoms with Crippen LogP contribution in [-0.2, 0) is 10.0 Å². The lowest BCUT2D eigenvalue weighted by Gasteiger charge is -2.07. The van der Waals surface area contributed by atoms with Crippen LogP contribution in [0, 0.1) is 0 Å². The molecule has 6 nitrogen and oxygen atoms in total. The lowest BCUT2D eigenvalue weighted by Crippen LogP contribution is -2.18. The fourth-order valence-electron chi connectivity index (χ4n) is 2.21. The van der Waals surface area contributed by atoms with Gasteiger partial charge in [0.25, 0.3) is 15.9 Å². The number of rotatable bonds is 4. The molecule has 7 heteroatoms. The Balaban J connectivity index is 1.90. The summed E-state index contributed by atoms with van der Waals surface area (Å²) in [4.78, 5) is 12.3. The lowest BCUT2D eigenvalue weighted by atomic mass is 10.1. The molecule has 0 aliphatic rings. The maximum absolute atomic E-state index is 12.3. The summed E-state index contributed by atoms with van der Waals surface area (Å²) in [6.45, 7) is 0. The van der Waals surface area contributed by atoms with Gasteiger partial charge in [0.15, 0.2) is 5.76 Å². The molecule has 3 aromatic rings. The van der Waals surface area contributed by atoms with Gasteiger partial charge in [-0.1, -0.05) is 36.4 Å². The molecule has 2 N–H and O–H groups in total. The number of carbonyl (C=O) groups excluding carboxylic acids is 1. The molecule has 0 bridgehead atoms. The molecule has 0 aliphatic heterocycles. The van der Waals surface area contributed by atoms with Crippen LogP contribution in [0.15, 0.2) is 64.1 Å². The SMILES string of the molecule is CNS(=O)(=O)c1ccc(C(=O)Nc2cccc3ccccc23)o1. The molecule has 1 heterocycles. The fraction of sp³-hybridized carbons (Fsp3) is 0.0625. The smallest absolute Gasteiger partial charge is 0.291 e. The predicted octanol–water partition coefficient (Wildman–Crippen LogP) is 2.59. The van der Waals surface area contributed by atoms with E-state index in [-0.39, 0.29) is 10.9 Å². The zero-order chi connectivity index (χ0) is 16.4. The normalized spacial score (nSPS) is 11.5. The molecular formula is C16H14N2O4S. The van der Waals surface area contributed by atoms with Crippen molar-refractivity contribution in [3.63, 3.8) is 0 Å². The molecule has 118 valence electrons. The largest absolute Gasteiger partial charge is 0.438 e. The average molecular weight is 330 g/mol. The number of fused-ring (bicyclic) bond motifs is 1. The summed E-state index contributed by atoms with van der Waals surface area (Å²) in [6.07, 6.45) is 0. The fourth-order valence-corrected chi connectivity index (χ4v) is 2.85. The monoisotopic (exact) mass is 330 g/mol. The Bertz CT molecular complexity index is 971. The Hall–Kier alpha value is -2.64. The molecule has 0 atom stereocenters. The van der Waals surface area contributed by atoms with E-state index in [1.165, 1.54) is 19.2 Å². The van der Waals surface area contributed by atoms with Gasteiger partial charge in [-0.2, -0.15) is 0 Å². The van der Waals surface area contributed by atoms with Gasteiger partial charge in [-0.05, 0) is 30.6 Å². The minimum atomic E-state index is -3.72. The minimum absolute atomic E-state index is 0.0771. The van der Waals surface area contributed by atoms with E-state index in [1.54, 1.807) is 6.07 Å². The van der Waals surface area contributed by atoms with Crippen LogP contribution in [0.2, 0.25) is 0 Å². The van der Waals surface area contributed by atoms with E-state index in [0.29, 0.717) is 5.69 Å². The Labute approximate surface area is 133 Å². The van der Waals surface area contributed by atoms with Gasteiger partial charge in [-0.3, -0.25) is 4.79 Å². The topological polar surface area (TPSA) is 88.4 Å². The lowest BCUT2D eigenvalue weighted by molar-refractivity contribution is 0.0991. The number of benzene rings is 2. The van der Waals surface area contributed by atoms with Gasteiger partial charge in [0.1, 0.15) is 0 Å². The molecule has 0 radical (unpaired) electrons. The van der Waals surface area contributed by atoms with Gasteiger partial charge >= 0.3 is 0 Å². The summed E-state index contributed by atoms with van der Waals surface area (Å²) in [7, 11) is -2.44. The van der Waals surface area contributed by atoms with Crippen LogP contribution in [-0.4, -0.2) is 21.4 Å². The number of hydrogen-bond donors (Lipinski definition) is 2. The summed E-state index contributed by atoms with van der Waals surface area (Å²) in [5.41, 5.74) is 0.627. The summed E-state index contributed by atoms with van der Waals surface area (Å²) in [5.74, 6) is -0.592. The third-order valence-electron chi connectivity index (χ3n) is 3.38. The molecule has 0 fully saturated rings. The first kappa shape index (κ1) is 15.3. The Morgan fingerprint density at radius 1 is 1.00 bits per heavy atom. The van der Waals surface area contributed by atoms with E-state index >= 15 is 0 Å². The molecule has 2 aromatic carbocycles. The maximum Gasteiger partial charge on any atom is 0.291 e. The van der Waals surface area contributed by atoms with Crippen LogP contribution in [0.1, 0.15) is 10.6 Å². The number of nitrogens with one attached hydrogen (secondary N) is 2. The van der Waals surface area contributed by atoms with Gasteiger partial charge in [0.05, 0.1) is 0 Å². The molecule has 1 aromatic heterocycles. The summed E-state index contributed by atoms with van der Waals surface area (Å²) in [5, 5.41) is 4.31. The van der Waals surface area contributed by atoms with E-state index in [2.05, 4.69) is 10.0 Å². The average Bonchev–Trinajstić information content (AvgIpc) is 3.06. The Kier molecular flexibility index (Phi) is 3.89. The highest BCUT2D eigenvalue weighted by molar-refractivity contribution is 7.89. The molecule has 23 heavy (non-hydrogen) atoms. The van der Waals surface area contributed by atoms with Gasteiger partial charge < -0.3 is 9.73 Å². The quantitative estimate of drug-likeness (QED) is 0.769. The number of carbonyl (C=O) groups is 1. The van der Waals surface area contributed by atoms with Gasteiger partial charge in [0.2, 0.25) is 5.09 Å². The maximum atomic E-state index is 12.3. The predicted molar refractivity (Wildman–Crippen MR) is 86.9 cm³/mol. The highest BCUT2D eigenvalue weighted by Crippen LogP contribution is 2.24. The molecule has 0 saturated carbocycles. The molecule has 0 saturated heterocycles. The third kappa shape index (κ3) is 2.96. The van der Waals surface area contributed by atoms with Crippen molar-refractivity contribution in [2.75, 3.05) is 12.4 Å². The zero-order valence-corrected chi connectivity index (χ0v) is 13.1. The third-order valence-corrected chi connectivity index (χ3v) is 4.66. The minimum Gasteiger partial charge on any atom is -0.438 e. The highest BCUT2D eigenvalue weighted by Gasteiger charge is 2.19. The van der Waals surface area contributed by atoms with Crippen LogP contribution < -0.4 is 10.0 Å². The van der Waals surface area contributed by atoms with Crippen molar-refractivity contribution < 1.29 is 17.6 Å². The van der Waals surface area contributed by atoms with Crippen molar-refractivity contribution in [1.29, 1.82) is 0 Å². The number of sulfonamides is 1. The van der Waals surface area contributed by atoms with Gasteiger partial charge in [0, 0.05) is 11.1 Å². The van der Waals surface area contributed by atoms with Crippen molar-refractivity contribution in [2.45, 2.75) is 5.09 Å². The van der Waals surface area contributed by atoms with Gasteiger partial charge in [-0.25, -0.2) is 13.1 Å². The molecule has 0 spiro atoms. The van der Waals surface area contributed by atoms with Crippen molar-refractivity contribution in [2.24, 2.45) is 0 Å². The Morgan fingerprint density at radius 2 is 1.74 bits per heavy atom. The Morgan fingerprint density at radius 3 is 2.52 bits per heavy atom. The van der Waals surface area contributed by atoms with E-state index in [9.17, 15) is 13.2 Å². The van der Waals surface area contributed by atoms with Crippen molar-refractivity contribution in [3.8, 4) is 0 Å². The molecule has 3 rings (SSSR count). The summed E-state index contributed by atoms with van der Waals surface area (Å²) < 4.78 is 30.5.